The Balaban J connectivity index is 6.35. The normalized spacial score (nSPS) is 15.5. The van der Waals surface area contributed by atoms with Crippen LogP contribution in [0.25, 0.3) is 0 Å². The van der Waals surface area contributed by atoms with Crippen LogP contribution in [0.5, 0.6) is 0 Å². The molecule has 0 amide bonds. The van der Waals surface area contributed by atoms with Gasteiger partial charge in [-0.1, -0.05) is 62.3 Å². The highest BCUT2D eigenvalue weighted by Crippen LogP contribution is 2.52. The molecule has 0 aliphatic heterocycles. The van der Waals surface area contributed by atoms with Crippen LogP contribution >= 0.6 is 0 Å². The highest BCUT2D eigenvalue weighted by Gasteiger charge is 2.56. The molecule has 22 heavy (non-hydrogen) atoms. The van der Waals surface area contributed by atoms with E-state index in [1.807, 2.05) is 62.3 Å². The van der Waals surface area contributed by atoms with E-state index in [-0.39, 0.29) is 10.8 Å². The molecule has 0 aromatic rings. The molecule has 0 aliphatic rings. The lowest BCUT2D eigenvalue weighted by Crippen LogP contribution is -2.52. The van der Waals surface area contributed by atoms with E-state index in [0.29, 0.717) is 12.8 Å². The fourth-order valence-corrected chi connectivity index (χ4v) is 3.87. The van der Waals surface area contributed by atoms with Gasteiger partial charge in [0, 0.05) is 0 Å². The minimum Gasteiger partial charge on any atom is -0.481 e. The maximum absolute atomic E-state index is 12.3. The monoisotopic (exact) mass is 314 g/mol. The van der Waals surface area contributed by atoms with Crippen LogP contribution in [0.3, 0.4) is 0 Å². The molecule has 0 bridgehead atoms. The number of carboxylic acid groups (broad SMARTS) is 2. The van der Waals surface area contributed by atoms with Crippen LogP contribution in [-0.4, -0.2) is 22.2 Å². The third-order valence-corrected chi connectivity index (χ3v) is 3.78. The molecule has 0 rings (SSSR count). The summed E-state index contributed by atoms with van der Waals surface area (Å²) in [5.74, 6) is -2.97. The summed E-state index contributed by atoms with van der Waals surface area (Å²) in [6.07, 6.45) is 0.668. The van der Waals surface area contributed by atoms with Crippen LogP contribution in [0.15, 0.2) is 0 Å². The second-order valence-corrected chi connectivity index (χ2v) is 10.1. The minimum absolute atomic E-state index is 0.275. The standard InChI is InChI=1S/C18H34O4/c1-15(2,3)10-18(14(21)22,11-16(4,5)6)12(13(19)20)17(7,8)9/h12H,10-11H2,1-9H3,(H,19,20)(H,21,22). The van der Waals surface area contributed by atoms with Crippen molar-refractivity contribution in [2.45, 2.75) is 75.2 Å². The Kier molecular flexibility index (Phi) is 5.91. The zero-order valence-electron chi connectivity index (χ0n) is 15.7. The second-order valence-electron chi connectivity index (χ2n) is 10.1. The van der Waals surface area contributed by atoms with Crippen molar-refractivity contribution < 1.29 is 19.8 Å². The number of hydrogen-bond acceptors (Lipinski definition) is 2. The zero-order valence-corrected chi connectivity index (χ0v) is 15.7. The molecule has 0 radical (unpaired) electrons. The molecule has 4 heteroatoms. The molecule has 4 nitrogen and oxygen atoms in total. The second kappa shape index (κ2) is 6.21. The zero-order chi connectivity index (χ0) is 18.1. The van der Waals surface area contributed by atoms with Gasteiger partial charge in [0.05, 0.1) is 11.3 Å². The summed E-state index contributed by atoms with van der Waals surface area (Å²) in [4.78, 5) is 24.3. The van der Waals surface area contributed by atoms with E-state index < -0.39 is 28.7 Å². The maximum Gasteiger partial charge on any atom is 0.310 e. The van der Waals surface area contributed by atoms with E-state index >= 15 is 0 Å². The van der Waals surface area contributed by atoms with Crippen molar-refractivity contribution >= 4 is 11.9 Å². The Bertz CT molecular complexity index is 400. The largest absolute Gasteiger partial charge is 0.481 e. The Morgan fingerprint density at radius 1 is 0.773 bits per heavy atom. The number of carboxylic acids is 2. The highest BCUT2D eigenvalue weighted by atomic mass is 16.4. The molecule has 130 valence electrons. The summed E-state index contributed by atoms with van der Waals surface area (Å²) >= 11 is 0. The Morgan fingerprint density at radius 3 is 1.23 bits per heavy atom. The molecule has 0 saturated carbocycles. The van der Waals surface area contributed by atoms with E-state index in [4.69, 9.17) is 0 Å². The van der Waals surface area contributed by atoms with E-state index in [9.17, 15) is 19.8 Å². The molecule has 1 unspecified atom stereocenters. The molecule has 0 fully saturated rings. The van der Waals surface area contributed by atoms with Gasteiger partial charge in [-0.15, -0.1) is 0 Å². The molecule has 0 aromatic carbocycles. The first-order chi connectivity index (χ1) is 9.42. The summed E-state index contributed by atoms with van der Waals surface area (Å²) in [6, 6.07) is 0. The van der Waals surface area contributed by atoms with Crippen molar-refractivity contribution in [2.24, 2.45) is 27.6 Å². The van der Waals surface area contributed by atoms with E-state index in [0.717, 1.165) is 0 Å². The van der Waals surface area contributed by atoms with Gasteiger partial charge < -0.3 is 10.2 Å². The van der Waals surface area contributed by atoms with Crippen LogP contribution in [0.1, 0.15) is 75.2 Å². The van der Waals surface area contributed by atoms with Gasteiger partial charge >= 0.3 is 11.9 Å². The quantitative estimate of drug-likeness (QED) is 0.773. The first-order valence-electron chi connectivity index (χ1n) is 7.89. The third kappa shape index (κ3) is 5.62. The van der Waals surface area contributed by atoms with Gasteiger partial charge in [-0.2, -0.15) is 0 Å². The molecule has 0 saturated heterocycles. The van der Waals surface area contributed by atoms with Gasteiger partial charge in [-0.3, -0.25) is 9.59 Å². The molecule has 0 heterocycles. The summed E-state index contributed by atoms with van der Waals surface area (Å²) < 4.78 is 0. The van der Waals surface area contributed by atoms with Gasteiger partial charge in [0.2, 0.25) is 0 Å². The summed E-state index contributed by atoms with van der Waals surface area (Å²) in [6.45, 7) is 17.2. The lowest BCUT2D eigenvalue weighted by atomic mass is 9.55. The fraction of sp³-hybridized carbons (Fsp3) is 0.889. The molecule has 0 aromatic heterocycles. The van der Waals surface area contributed by atoms with E-state index in [1.165, 1.54) is 0 Å². The number of aliphatic carboxylic acids is 2. The third-order valence-electron chi connectivity index (χ3n) is 3.78. The average Bonchev–Trinajstić information content (AvgIpc) is 2.06. The number of carbonyl (C=O) groups is 2. The van der Waals surface area contributed by atoms with Crippen LogP contribution in [0, 0.1) is 27.6 Å². The molecule has 0 spiro atoms. The summed E-state index contributed by atoms with van der Waals surface area (Å²) in [5.41, 5.74) is -2.48. The first-order valence-corrected chi connectivity index (χ1v) is 7.89. The van der Waals surface area contributed by atoms with Gasteiger partial charge in [0.25, 0.3) is 0 Å². The first kappa shape index (κ1) is 20.9. The Hall–Kier alpha value is -1.06. The summed E-state index contributed by atoms with van der Waals surface area (Å²) in [7, 11) is 0. The fourth-order valence-electron chi connectivity index (χ4n) is 3.87. The van der Waals surface area contributed by atoms with Gasteiger partial charge in [0.1, 0.15) is 0 Å². The maximum atomic E-state index is 12.3. The molecule has 0 aliphatic carbocycles. The molecule has 1 atom stereocenters. The van der Waals surface area contributed by atoms with Crippen molar-refractivity contribution in [2.75, 3.05) is 0 Å². The molecule has 2 N–H and O–H groups in total. The van der Waals surface area contributed by atoms with Crippen LogP contribution < -0.4 is 0 Å². The lowest BCUT2D eigenvalue weighted by molar-refractivity contribution is -0.175. The van der Waals surface area contributed by atoms with E-state index in [2.05, 4.69) is 0 Å². The van der Waals surface area contributed by atoms with Crippen molar-refractivity contribution in [3.8, 4) is 0 Å². The van der Waals surface area contributed by atoms with Gasteiger partial charge in [-0.25, -0.2) is 0 Å². The number of hydrogen-bond donors (Lipinski definition) is 2. The smallest absolute Gasteiger partial charge is 0.310 e. The van der Waals surface area contributed by atoms with Gasteiger partial charge in [0.15, 0.2) is 0 Å². The van der Waals surface area contributed by atoms with E-state index in [1.54, 1.807) is 0 Å². The Labute approximate surface area is 135 Å². The van der Waals surface area contributed by atoms with Crippen LogP contribution in [0.2, 0.25) is 0 Å². The highest BCUT2D eigenvalue weighted by molar-refractivity contribution is 5.84. The summed E-state index contributed by atoms with van der Waals surface area (Å²) in [5, 5.41) is 19.9. The number of rotatable bonds is 5. The van der Waals surface area contributed by atoms with Crippen LogP contribution in [-0.2, 0) is 9.59 Å². The average molecular weight is 314 g/mol. The SMILES string of the molecule is CC(C)(C)CC(CC(C)(C)C)(C(=O)O)C(C(=O)O)C(C)(C)C. The van der Waals surface area contributed by atoms with Crippen molar-refractivity contribution in [3.05, 3.63) is 0 Å². The van der Waals surface area contributed by atoms with Crippen LogP contribution in [0.4, 0.5) is 0 Å². The van der Waals surface area contributed by atoms with Crippen molar-refractivity contribution in [1.82, 2.24) is 0 Å². The predicted octanol–water partition coefficient (Wildman–Crippen LogP) is 4.68. The predicted molar refractivity (Wildman–Crippen MR) is 88.8 cm³/mol. The van der Waals surface area contributed by atoms with Crippen molar-refractivity contribution in [3.63, 3.8) is 0 Å². The van der Waals surface area contributed by atoms with Crippen molar-refractivity contribution in [1.29, 1.82) is 0 Å². The molecular weight excluding hydrogens is 280 g/mol. The minimum atomic E-state index is -1.29. The van der Waals surface area contributed by atoms with Gasteiger partial charge in [-0.05, 0) is 29.1 Å². The lowest BCUT2D eigenvalue weighted by Gasteiger charge is -2.47. The Morgan fingerprint density at radius 2 is 1.09 bits per heavy atom. The molecular formula is C18H34O4. The topological polar surface area (TPSA) is 74.6 Å².